The van der Waals surface area contributed by atoms with E-state index < -0.39 is 0 Å². The van der Waals surface area contributed by atoms with Gasteiger partial charge in [0.25, 0.3) is 0 Å². The van der Waals surface area contributed by atoms with Gasteiger partial charge in [-0.15, -0.1) is 5.10 Å². The van der Waals surface area contributed by atoms with Gasteiger partial charge in [-0.2, -0.15) is 5.10 Å². The van der Waals surface area contributed by atoms with E-state index >= 15 is 0 Å². The van der Waals surface area contributed by atoms with E-state index in [1.807, 2.05) is 12.3 Å². The highest BCUT2D eigenvalue weighted by Crippen LogP contribution is 2.30. The summed E-state index contributed by atoms with van der Waals surface area (Å²) in [4.78, 5) is 6.53. The van der Waals surface area contributed by atoms with Gasteiger partial charge in [0.15, 0.2) is 5.82 Å². The summed E-state index contributed by atoms with van der Waals surface area (Å²) in [6, 6.07) is 1.91. The third kappa shape index (κ3) is 1.90. The molecule has 1 saturated heterocycles. The first kappa shape index (κ1) is 11.3. The Bertz CT molecular complexity index is 568. The van der Waals surface area contributed by atoms with Crippen LogP contribution in [-0.2, 0) is 0 Å². The number of likely N-dealkylation sites (tertiary alicyclic amines) is 1. The van der Waals surface area contributed by atoms with E-state index in [0.29, 0.717) is 11.7 Å². The van der Waals surface area contributed by atoms with Gasteiger partial charge in [-0.05, 0) is 32.5 Å². The smallest absolute Gasteiger partial charge is 0.154 e. The third-order valence-corrected chi connectivity index (χ3v) is 3.65. The van der Waals surface area contributed by atoms with Crippen molar-refractivity contribution in [3.8, 4) is 0 Å². The van der Waals surface area contributed by atoms with Gasteiger partial charge in [0, 0.05) is 35.6 Å². The number of nitrogens with zero attached hydrogens (tertiary/aromatic N) is 4. The van der Waals surface area contributed by atoms with Crippen LogP contribution in [0.25, 0.3) is 10.8 Å². The number of aromatic nitrogens is 3. The van der Waals surface area contributed by atoms with E-state index in [-0.39, 0.29) is 0 Å². The number of hydrogen-bond donors (Lipinski definition) is 1. The Labute approximate surface area is 106 Å². The van der Waals surface area contributed by atoms with Crippen molar-refractivity contribution >= 4 is 16.6 Å². The van der Waals surface area contributed by atoms with Gasteiger partial charge in [0.2, 0.25) is 0 Å². The lowest BCUT2D eigenvalue weighted by Gasteiger charge is -2.29. The van der Waals surface area contributed by atoms with Gasteiger partial charge in [0.1, 0.15) is 0 Å². The Hall–Kier alpha value is -1.75. The quantitative estimate of drug-likeness (QED) is 0.820. The molecule has 0 aliphatic carbocycles. The molecule has 1 fully saturated rings. The van der Waals surface area contributed by atoms with Crippen molar-refractivity contribution in [2.45, 2.75) is 18.8 Å². The second kappa shape index (κ2) is 4.49. The zero-order valence-corrected chi connectivity index (χ0v) is 10.5. The summed E-state index contributed by atoms with van der Waals surface area (Å²) in [5.74, 6) is 0.920. The summed E-state index contributed by atoms with van der Waals surface area (Å²) in [7, 11) is 2.15. The molecule has 0 amide bonds. The zero-order valence-electron chi connectivity index (χ0n) is 10.5. The molecular formula is C13H17N5. The van der Waals surface area contributed by atoms with Crippen LogP contribution in [0.2, 0.25) is 0 Å². The molecule has 2 aromatic heterocycles. The highest BCUT2D eigenvalue weighted by atomic mass is 15.2. The molecule has 5 heteroatoms. The minimum absolute atomic E-state index is 0.434. The molecule has 0 aromatic carbocycles. The predicted octanol–water partition coefficient (Wildman–Crippen LogP) is 1.42. The SMILES string of the molecule is CN1CCCC(c2nnc(N)c3ccncc23)C1. The number of anilines is 1. The Morgan fingerprint density at radius 2 is 2.22 bits per heavy atom. The standard InChI is InChI=1S/C13H17N5/c1-18-6-2-3-9(8-18)12-11-7-15-5-4-10(11)13(14)17-16-12/h4-5,7,9H,2-3,6,8H2,1H3,(H2,14,17). The van der Waals surface area contributed by atoms with Crippen LogP contribution in [0.1, 0.15) is 24.5 Å². The third-order valence-electron chi connectivity index (χ3n) is 3.65. The van der Waals surface area contributed by atoms with Crippen molar-refractivity contribution in [1.29, 1.82) is 0 Å². The van der Waals surface area contributed by atoms with Crippen LogP contribution < -0.4 is 5.73 Å². The number of pyridine rings is 1. The minimum Gasteiger partial charge on any atom is -0.382 e. The van der Waals surface area contributed by atoms with E-state index in [1.165, 1.54) is 6.42 Å². The highest BCUT2D eigenvalue weighted by Gasteiger charge is 2.23. The highest BCUT2D eigenvalue weighted by molar-refractivity contribution is 5.91. The maximum absolute atomic E-state index is 5.87. The van der Waals surface area contributed by atoms with E-state index in [2.05, 4.69) is 27.1 Å². The van der Waals surface area contributed by atoms with Gasteiger partial charge >= 0.3 is 0 Å². The van der Waals surface area contributed by atoms with Crippen molar-refractivity contribution in [2.24, 2.45) is 0 Å². The van der Waals surface area contributed by atoms with E-state index in [0.717, 1.165) is 36.0 Å². The van der Waals surface area contributed by atoms with Gasteiger partial charge in [-0.3, -0.25) is 4.98 Å². The van der Waals surface area contributed by atoms with Crippen LogP contribution >= 0.6 is 0 Å². The zero-order chi connectivity index (χ0) is 12.5. The Morgan fingerprint density at radius 1 is 1.33 bits per heavy atom. The molecule has 1 atom stereocenters. The molecule has 3 heterocycles. The predicted molar refractivity (Wildman–Crippen MR) is 71.2 cm³/mol. The molecule has 2 N–H and O–H groups in total. The number of likely N-dealkylation sites (N-methyl/N-ethyl adjacent to an activating group) is 1. The van der Waals surface area contributed by atoms with Crippen LogP contribution in [0.5, 0.6) is 0 Å². The second-order valence-corrected chi connectivity index (χ2v) is 4.99. The average Bonchev–Trinajstić information content (AvgIpc) is 2.39. The Morgan fingerprint density at radius 3 is 3.06 bits per heavy atom. The van der Waals surface area contributed by atoms with Crippen molar-refractivity contribution in [2.75, 3.05) is 25.9 Å². The van der Waals surface area contributed by atoms with Crippen LogP contribution in [-0.4, -0.2) is 40.2 Å². The minimum atomic E-state index is 0.434. The fraction of sp³-hybridized carbons (Fsp3) is 0.462. The average molecular weight is 243 g/mol. The Kier molecular flexibility index (Phi) is 2.83. The number of piperidine rings is 1. The first-order valence-corrected chi connectivity index (χ1v) is 6.30. The molecule has 1 aliphatic rings. The summed E-state index contributed by atoms with van der Waals surface area (Å²) in [5, 5.41) is 10.4. The van der Waals surface area contributed by atoms with Crippen molar-refractivity contribution in [3.63, 3.8) is 0 Å². The summed E-state index contributed by atoms with van der Waals surface area (Å²) >= 11 is 0. The van der Waals surface area contributed by atoms with E-state index in [1.54, 1.807) is 6.20 Å². The summed E-state index contributed by atoms with van der Waals surface area (Å²) in [6.07, 6.45) is 5.96. The maximum atomic E-state index is 5.87. The van der Waals surface area contributed by atoms with Gasteiger partial charge in [-0.25, -0.2) is 0 Å². The lowest BCUT2D eigenvalue weighted by Crippen LogP contribution is -2.31. The number of fused-ring (bicyclic) bond motifs is 1. The molecule has 1 aliphatic heterocycles. The molecule has 94 valence electrons. The number of rotatable bonds is 1. The van der Waals surface area contributed by atoms with Crippen molar-refractivity contribution in [1.82, 2.24) is 20.1 Å². The van der Waals surface area contributed by atoms with E-state index in [9.17, 15) is 0 Å². The van der Waals surface area contributed by atoms with Crippen LogP contribution in [0, 0.1) is 0 Å². The molecule has 0 radical (unpaired) electrons. The molecule has 0 bridgehead atoms. The number of nitrogens with two attached hydrogens (primary N) is 1. The lowest BCUT2D eigenvalue weighted by atomic mass is 9.92. The van der Waals surface area contributed by atoms with Crippen LogP contribution in [0.15, 0.2) is 18.5 Å². The molecule has 2 aromatic rings. The number of hydrogen-bond acceptors (Lipinski definition) is 5. The van der Waals surface area contributed by atoms with Gasteiger partial charge < -0.3 is 10.6 Å². The topological polar surface area (TPSA) is 67.9 Å². The summed E-state index contributed by atoms with van der Waals surface area (Å²) < 4.78 is 0. The van der Waals surface area contributed by atoms with Gasteiger partial charge in [0.05, 0.1) is 5.69 Å². The Balaban J connectivity index is 2.09. The molecule has 1 unspecified atom stereocenters. The normalized spacial score (nSPS) is 21.3. The molecular weight excluding hydrogens is 226 g/mol. The van der Waals surface area contributed by atoms with Crippen molar-refractivity contribution < 1.29 is 0 Å². The molecule has 0 saturated carbocycles. The van der Waals surface area contributed by atoms with Crippen LogP contribution in [0.3, 0.4) is 0 Å². The van der Waals surface area contributed by atoms with Crippen LogP contribution in [0.4, 0.5) is 5.82 Å². The summed E-state index contributed by atoms with van der Waals surface area (Å²) in [5.41, 5.74) is 6.91. The summed E-state index contributed by atoms with van der Waals surface area (Å²) in [6.45, 7) is 2.19. The molecule has 18 heavy (non-hydrogen) atoms. The van der Waals surface area contributed by atoms with Crippen molar-refractivity contribution in [3.05, 3.63) is 24.2 Å². The monoisotopic (exact) mass is 243 g/mol. The fourth-order valence-corrected chi connectivity index (χ4v) is 2.73. The maximum Gasteiger partial charge on any atom is 0.154 e. The largest absolute Gasteiger partial charge is 0.382 e. The first-order chi connectivity index (χ1) is 8.75. The molecule has 5 nitrogen and oxygen atoms in total. The van der Waals surface area contributed by atoms with E-state index in [4.69, 9.17) is 5.73 Å². The fourth-order valence-electron chi connectivity index (χ4n) is 2.73. The second-order valence-electron chi connectivity index (χ2n) is 4.99. The molecule has 0 spiro atoms. The first-order valence-electron chi connectivity index (χ1n) is 6.30. The van der Waals surface area contributed by atoms with Gasteiger partial charge in [-0.1, -0.05) is 0 Å². The lowest BCUT2D eigenvalue weighted by molar-refractivity contribution is 0.248. The molecule has 3 rings (SSSR count). The number of nitrogen functional groups attached to an aromatic ring is 1.